The van der Waals surface area contributed by atoms with E-state index in [1.165, 1.54) is 244 Å². The van der Waals surface area contributed by atoms with Gasteiger partial charge in [0.1, 0.15) is 26.4 Å². The summed E-state index contributed by atoms with van der Waals surface area (Å²) in [5.74, 6) is 2.60. The molecule has 458 valence electrons. The maximum Gasteiger partial charge on any atom is 0.305 e. The van der Waals surface area contributed by atoms with E-state index in [0.717, 1.165) is 76.0 Å². The van der Waals surface area contributed by atoms with Crippen molar-refractivity contribution >= 4 is 23.7 Å². The fraction of sp³-hybridized carbons (Fsp3) is 0.941. The highest BCUT2D eigenvalue weighted by Gasteiger charge is 2.39. The molecule has 0 aromatic heterocycles. The molecule has 0 aliphatic carbocycles. The van der Waals surface area contributed by atoms with Gasteiger partial charge in [0.15, 0.2) is 22.9 Å². The zero-order valence-electron chi connectivity index (χ0n) is 52.0. The second-order valence-corrected chi connectivity index (χ2v) is 24.8. The predicted molar refractivity (Wildman–Crippen MR) is 329 cm³/mol. The van der Waals surface area contributed by atoms with Gasteiger partial charge >= 0.3 is 11.9 Å². The number of ether oxygens (including phenoxy) is 4. The topological polar surface area (TPSA) is 136 Å². The molecular weight excluding hydrogens is 973 g/mol. The third kappa shape index (κ3) is 37.7. The van der Waals surface area contributed by atoms with Crippen molar-refractivity contribution in [2.24, 2.45) is 21.8 Å². The maximum atomic E-state index is 12.8. The molecule has 2 heterocycles. The second kappa shape index (κ2) is 50.5. The quantitative estimate of drug-likeness (QED) is 0.0454. The number of esters is 2. The Bertz CT molecular complexity index is 1350. The lowest BCUT2D eigenvalue weighted by Gasteiger charge is -2.28. The third-order valence-corrected chi connectivity index (χ3v) is 17.3. The molecule has 0 saturated heterocycles. The molecule has 2 rings (SSSR count). The molecule has 0 fully saturated rings. The van der Waals surface area contributed by atoms with Gasteiger partial charge in [-0.2, -0.15) is 0 Å². The maximum absolute atomic E-state index is 12.8. The molecule has 0 radical (unpaired) electrons. The first-order valence-electron chi connectivity index (χ1n) is 34.2. The van der Waals surface area contributed by atoms with E-state index in [2.05, 4.69) is 27.7 Å². The van der Waals surface area contributed by atoms with Gasteiger partial charge in [-0.3, -0.25) is 9.59 Å². The summed E-state index contributed by atoms with van der Waals surface area (Å²) in [6.07, 6.45) is 60.7. The summed E-state index contributed by atoms with van der Waals surface area (Å²) < 4.78 is 23.2. The lowest BCUT2D eigenvalue weighted by atomic mass is 9.78. The number of aliphatic hydroxyl groups is 2. The molecule has 0 spiro atoms. The molecule has 2 aliphatic heterocycles. The monoisotopic (exact) mass is 1100 g/mol. The third-order valence-electron chi connectivity index (χ3n) is 17.3. The number of carbonyl (C=O) groups is 2. The Balaban J connectivity index is 1.78. The van der Waals surface area contributed by atoms with Crippen molar-refractivity contribution < 1.29 is 38.7 Å². The zero-order chi connectivity index (χ0) is 56.3. The summed E-state index contributed by atoms with van der Waals surface area (Å²) in [6.45, 7) is 9.50. The number of hydrogen-bond donors (Lipinski definition) is 2. The van der Waals surface area contributed by atoms with Gasteiger partial charge < -0.3 is 29.2 Å². The van der Waals surface area contributed by atoms with Crippen LogP contribution < -0.4 is 0 Å². The van der Waals surface area contributed by atoms with E-state index in [-0.39, 0.29) is 51.6 Å². The molecule has 10 nitrogen and oxygen atoms in total. The lowest BCUT2D eigenvalue weighted by Crippen LogP contribution is -2.39. The minimum Gasteiger partial charge on any atom is -0.478 e. The fourth-order valence-corrected chi connectivity index (χ4v) is 11.9. The SMILES string of the molecule is CCCCCCCCCCCC1=NC(CO)(COC(=O)CCCCCCCC(CCCCCCCCC)C(CCCCCCCCC)CCCCCCCC(=O)OCC2(CO)COC(CCCCCCCCCCC)=N2)CO1. The van der Waals surface area contributed by atoms with Crippen LogP contribution in [0.25, 0.3) is 0 Å². The number of rotatable bonds is 59. The molecule has 0 aromatic carbocycles. The van der Waals surface area contributed by atoms with Crippen molar-refractivity contribution in [3.05, 3.63) is 0 Å². The van der Waals surface area contributed by atoms with Crippen LogP contribution in [0.3, 0.4) is 0 Å². The Labute approximate surface area is 481 Å². The largest absolute Gasteiger partial charge is 0.478 e. The summed E-state index contributed by atoms with van der Waals surface area (Å²) in [7, 11) is 0. The van der Waals surface area contributed by atoms with Crippen LogP contribution in [0, 0.1) is 11.8 Å². The first kappa shape index (κ1) is 71.9. The highest BCUT2D eigenvalue weighted by Crippen LogP contribution is 2.34. The molecule has 10 heteroatoms. The molecular formula is C68H128N2O8. The first-order chi connectivity index (χ1) is 38.3. The predicted octanol–water partition coefficient (Wildman–Crippen LogP) is 19.2. The van der Waals surface area contributed by atoms with Crippen molar-refractivity contribution in [1.82, 2.24) is 0 Å². The highest BCUT2D eigenvalue weighted by atomic mass is 16.5. The van der Waals surface area contributed by atoms with E-state index in [0.29, 0.717) is 24.6 Å². The van der Waals surface area contributed by atoms with Crippen molar-refractivity contribution in [2.45, 2.75) is 360 Å². The molecule has 4 unspecified atom stereocenters. The lowest BCUT2D eigenvalue weighted by molar-refractivity contribution is -0.147. The fourth-order valence-electron chi connectivity index (χ4n) is 11.9. The Morgan fingerprint density at radius 1 is 0.385 bits per heavy atom. The Morgan fingerprint density at radius 2 is 0.628 bits per heavy atom. The summed E-state index contributed by atoms with van der Waals surface area (Å²) in [6, 6.07) is 0. The van der Waals surface area contributed by atoms with Gasteiger partial charge in [-0.15, -0.1) is 0 Å². The van der Waals surface area contributed by atoms with Gasteiger partial charge in [-0.05, 0) is 37.5 Å². The standard InChI is InChI=1S/C68H128N2O8/c1-5-9-13-17-21-23-27-35-43-51-63-69-67(55-71,57-75-63)59-77-65(73)53-45-37-29-33-41-49-61(47-39-31-25-19-15-11-7-3)62(48-40-32-26-20-16-12-8-4)50-42-34-30-38-46-54-66(74)78-60-68(56-72)58-76-64(70-68)52-44-36-28-24-22-18-14-10-6-2/h61-62,71-72H,5-60H2,1-4H3. The first-order valence-corrected chi connectivity index (χ1v) is 34.2. The van der Waals surface area contributed by atoms with Crippen molar-refractivity contribution in [3.8, 4) is 0 Å². The van der Waals surface area contributed by atoms with E-state index in [1.54, 1.807) is 0 Å². The minimum absolute atomic E-state index is 0.0842. The summed E-state index contributed by atoms with van der Waals surface area (Å²) in [5.41, 5.74) is -1.71. The van der Waals surface area contributed by atoms with E-state index < -0.39 is 11.1 Å². The van der Waals surface area contributed by atoms with Crippen molar-refractivity contribution in [3.63, 3.8) is 0 Å². The van der Waals surface area contributed by atoms with Gasteiger partial charge in [-0.25, -0.2) is 9.98 Å². The van der Waals surface area contributed by atoms with Crippen LogP contribution in [-0.2, 0) is 28.5 Å². The second-order valence-electron chi connectivity index (χ2n) is 24.8. The number of nitrogens with zero attached hydrogens (tertiary/aromatic N) is 2. The molecule has 0 amide bonds. The summed E-state index contributed by atoms with van der Waals surface area (Å²) in [5, 5.41) is 20.5. The smallest absolute Gasteiger partial charge is 0.305 e. The number of carbonyl (C=O) groups excluding carboxylic acids is 2. The molecule has 0 aromatic rings. The van der Waals surface area contributed by atoms with Gasteiger partial charge in [0.05, 0.1) is 13.2 Å². The molecule has 4 atom stereocenters. The number of unbranched alkanes of at least 4 members (excludes halogenated alkanes) is 36. The molecule has 2 N–H and O–H groups in total. The van der Waals surface area contributed by atoms with E-state index in [9.17, 15) is 19.8 Å². The van der Waals surface area contributed by atoms with Crippen LogP contribution in [0.15, 0.2) is 9.98 Å². The molecule has 0 bridgehead atoms. The zero-order valence-corrected chi connectivity index (χ0v) is 52.0. The Morgan fingerprint density at radius 3 is 0.897 bits per heavy atom. The van der Waals surface area contributed by atoms with Crippen LogP contribution in [0.2, 0.25) is 0 Å². The van der Waals surface area contributed by atoms with Crippen LogP contribution >= 0.6 is 0 Å². The van der Waals surface area contributed by atoms with Gasteiger partial charge in [0.2, 0.25) is 0 Å². The molecule has 78 heavy (non-hydrogen) atoms. The van der Waals surface area contributed by atoms with Crippen molar-refractivity contribution in [2.75, 3.05) is 39.6 Å². The summed E-state index contributed by atoms with van der Waals surface area (Å²) >= 11 is 0. The van der Waals surface area contributed by atoms with Crippen LogP contribution in [-0.4, -0.2) is 84.7 Å². The van der Waals surface area contributed by atoms with Gasteiger partial charge in [0.25, 0.3) is 0 Å². The van der Waals surface area contributed by atoms with Gasteiger partial charge in [0, 0.05) is 25.7 Å². The average molecular weight is 1100 g/mol. The van der Waals surface area contributed by atoms with Crippen LogP contribution in [0.5, 0.6) is 0 Å². The highest BCUT2D eigenvalue weighted by molar-refractivity contribution is 5.79. The van der Waals surface area contributed by atoms with Crippen LogP contribution in [0.4, 0.5) is 0 Å². The van der Waals surface area contributed by atoms with E-state index in [4.69, 9.17) is 28.9 Å². The minimum atomic E-state index is -0.856. The van der Waals surface area contributed by atoms with E-state index >= 15 is 0 Å². The Kier molecular flexibility index (Phi) is 46.6. The average Bonchev–Trinajstić information content (AvgIpc) is 4.09. The molecule has 0 saturated carbocycles. The molecule has 2 aliphatic rings. The van der Waals surface area contributed by atoms with Crippen LogP contribution in [0.1, 0.15) is 349 Å². The van der Waals surface area contributed by atoms with Crippen molar-refractivity contribution in [1.29, 1.82) is 0 Å². The number of aliphatic imine (C=N–C) groups is 2. The van der Waals surface area contributed by atoms with E-state index in [1.807, 2.05) is 0 Å². The van der Waals surface area contributed by atoms with Gasteiger partial charge in [-0.1, -0.05) is 297 Å². The normalized spacial score (nSPS) is 17.9. The Hall–Kier alpha value is -2.20. The number of aliphatic hydroxyl groups excluding tert-OH is 2. The summed E-state index contributed by atoms with van der Waals surface area (Å²) in [4.78, 5) is 35.1. The number of hydrogen-bond acceptors (Lipinski definition) is 10.